The largest absolute Gasteiger partial charge is 0.477 e. The lowest BCUT2D eigenvalue weighted by Gasteiger charge is -2.32. The first-order chi connectivity index (χ1) is 18.4. The van der Waals surface area contributed by atoms with Gasteiger partial charge < -0.3 is 4.74 Å². The Morgan fingerprint density at radius 1 is 1.03 bits per heavy atom. The molecule has 204 valence electrons. The molecule has 2 atom stereocenters. The molecule has 4 aromatic rings. The lowest BCUT2D eigenvalue weighted by molar-refractivity contribution is 0.177. The van der Waals surface area contributed by atoms with Gasteiger partial charge in [0.25, 0.3) is 10.0 Å². The molecule has 0 aliphatic carbocycles. The van der Waals surface area contributed by atoms with E-state index in [1.54, 1.807) is 28.9 Å². The average Bonchev–Trinajstić information content (AvgIpc) is 3.26. The Balaban J connectivity index is 1.70. The number of sulfonamides is 1. The van der Waals surface area contributed by atoms with Crippen molar-refractivity contribution in [1.82, 2.24) is 19.7 Å². The van der Waals surface area contributed by atoms with Crippen LogP contribution in [0, 0.1) is 25.2 Å². The zero-order valence-corrected chi connectivity index (χ0v) is 24.1. The number of aromatic nitrogens is 4. The zero-order valence-electron chi connectivity index (χ0n) is 23.3. The second kappa shape index (κ2) is 10.1. The van der Waals surface area contributed by atoms with Gasteiger partial charge in [-0.3, -0.25) is 4.68 Å². The molecule has 4 bridgehead atoms. The summed E-state index contributed by atoms with van der Waals surface area (Å²) in [6, 6.07) is 14.9. The molecular weight excluding hydrogens is 510 g/mol. The maximum atomic E-state index is 13.6. The third kappa shape index (κ3) is 5.83. The molecule has 0 saturated carbocycles. The predicted octanol–water partition coefficient (Wildman–Crippen LogP) is 5.87. The fourth-order valence-electron chi connectivity index (χ4n) is 5.53. The minimum atomic E-state index is -3.97. The monoisotopic (exact) mass is 545 g/mol. The topological polar surface area (TPSA) is 99.0 Å². The van der Waals surface area contributed by atoms with E-state index in [0.29, 0.717) is 18.2 Å². The summed E-state index contributed by atoms with van der Waals surface area (Å²) in [4.78, 5) is 9.25. The van der Waals surface area contributed by atoms with Gasteiger partial charge in [0.05, 0.1) is 23.4 Å². The Hall–Kier alpha value is -3.72. The van der Waals surface area contributed by atoms with Gasteiger partial charge in [0, 0.05) is 36.7 Å². The van der Waals surface area contributed by atoms with Crippen molar-refractivity contribution in [2.45, 2.75) is 51.9 Å². The number of rotatable bonds is 3. The van der Waals surface area contributed by atoms with Crippen molar-refractivity contribution in [3.05, 3.63) is 83.2 Å². The van der Waals surface area contributed by atoms with Crippen LogP contribution in [0.3, 0.4) is 0 Å². The molecule has 0 radical (unpaired) electrons. The van der Waals surface area contributed by atoms with Crippen molar-refractivity contribution in [1.29, 1.82) is 0 Å². The highest BCUT2D eigenvalue weighted by Crippen LogP contribution is 2.40. The molecule has 5 rings (SSSR count). The number of aryl methyl sites for hydroxylation is 3. The molecule has 1 unspecified atom stereocenters. The summed E-state index contributed by atoms with van der Waals surface area (Å²) in [7, 11) is -2.09. The average molecular weight is 546 g/mol. The van der Waals surface area contributed by atoms with Gasteiger partial charge in [-0.15, -0.1) is 0 Å². The van der Waals surface area contributed by atoms with E-state index >= 15 is 0 Å². The number of benzene rings is 2. The van der Waals surface area contributed by atoms with E-state index in [4.69, 9.17) is 4.74 Å². The predicted molar refractivity (Wildman–Crippen MR) is 152 cm³/mol. The number of nitrogens with zero attached hydrogens (tertiary/aromatic N) is 4. The zero-order chi connectivity index (χ0) is 27.9. The summed E-state index contributed by atoms with van der Waals surface area (Å²) in [5.41, 5.74) is 5.50. The first-order valence-electron chi connectivity index (χ1n) is 13.1. The third-order valence-corrected chi connectivity index (χ3v) is 8.39. The Labute approximate surface area is 230 Å². The summed E-state index contributed by atoms with van der Waals surface area (Å²) in [5, 5.41) is 4.43. The van der Waals surface area contributed by atoms with Gasteiger partial charge in [-0.2, -0.15) is 10.1 Å². The molecule has 1 aliphatic rings. The molecule has 0 amide bonds. The highest BCUT2D eigenvalue weighted by atomic mass is 32.2. The molecule has 1 aliphatic heterocycles. The van der Waals surface area contributed by atoms with Gasteiger partial charge in [0.15, 0.2) is 0 Å². The first kappa shape index (κ1) is 26.9. The number of nitrogens with one attached hydrogen (secondary N) is 1. The first-order valence-corrected chi connectivity index (χ1v) is 14.6. The quantitative estimate of drug-likeness (QED) is 0.346. The van der Waals surface area contributed by atoms with Crippen LogP contribution in [0.15, 0.2) is 65.8 Å². The Kier molecular flexibility index (Phi) is 6.97. The molecule has 0 spiro atoms. The maximum Gasteiger partial charge on any atom is 0.264 e. The van der Waals surface area contributed by atoms with Crippen molar-refractivity contribution < 1.29 is 13.2 Å². The van der Waals surface area contributed by atoms with Gasteiger partial charge >= 0.3 is 0 Å². The van der Waals surface area contributed by atoms with Crippen LogP contribution in [0.25, 0.3) is 11.3 Å². The fourth-order valence-corrected chi connectivity index (χ4v) is 6.53. The van der Waals surface area contributed by atoms with E-state index < -0.39 is 10.0 Å². The Morgan fingerprint density at radius 2 is 1.74 bits per heavy atom. The van der Waals surface area contributed by atoms with Crippen molar-refractivity contribution in [2.75, 3.05) is 11.3 Å². The number of anilines is 1. The minimum Gasteiger partial charge on any atom is -0.477 e. The van der Waals surface area contributed by atoms with Crippen LogP contribution in [0.2, 0.25) is 0 Å². The van der Waals surface area contributed by atoms with E-state index in [0.717, 1.165) is 34.2 Å². The van der Waals surface area contributed by atoms with Crippen LogP contribution < -0.4 is 9.46 Å². The SMILES string of the molecule is Cc1cccc(C)c1-c1cc2nc(n1)NS(=O)(=O)c1cccc(c1)C(c1cnn(C)c1)[C@H](CC(C)(C)C)CO2. The molecule has 2 aromatic heterocycles. The number of hydrogen-bond acceptors (Lipinski definition) is 6. The van der Waals surface area contributed by atoms with E-state index in [1.165, 1.54) is 0 Å². The second-order valence-electron chi connectivity index (χ2n) is 11.6. The summed E-state index contributed by atoms with van der Waals surface area (Å²) in [6.07, 6.45) is 4.68. The number of fused-ring (bicyclic) bond motifs is 4. The van der Waals surface area contributed by atoms with Crippen molar-refractivity contribution in [3.8, 4) is 17.1 Å². The molecule has 39 heavy (non-hydrogen) atoms. The Morgan fingerprint density at radius 3 is 2.41 bits per heavy atom. The lowest BCUT2D eigenvalue weighted by Crippen LogP contribution is -2.27. The van der Waals surface area contributed by atoms with Crippen molar-refractivity contribution in [2.24, 2.45) is 18.4 Å². The van der Waals surface area contributed by atoms with Crippen LogP contribution in [0.1, 0.15) is 55.4 Å². The van der Waals surface area contributed by atoms with E-state index in [1.807, 2.05) is 57.6 Å². The summed E-state index contributed by atoms with van der Waals surface area (Å²) in [5.74, 6) is 0.189. The van der Waals surface area contributed by atoms with Gasteiger partial charge in [0.1, 0.15) is 0 Å². The smallest absolute Gasteiger partial charge is 0.264 e. The van der Waals surface area contributed by atoms with Gasteiger partial charge in [0.2, 0.25) is 11.8 Å². The van der Waals surface area contributed by atoms with Crippen LogP contribution in [-0.2, 0) is 17.1 Å². The van der Waals surface area contributed by atoms with Crippen LogP contribution in [0.5, 0.6) is 5.88 Å². The molecule has 2 aromatic carbocycles. The molecule has 1 N–H and O–H groups in total. The number of hydrogen-bond donors (Lipinski definition) is 1. The van der Waals surface area contributed by atoms with E-state index in [-0.39, 0.29) is 28.1 Å². The van der Waals surface area contributed by atoms with Crippen LogP contribution in [0.4, 0.5) is 5.95 Å². The number of ether oxygens (including phenoxy) is 1. The normalized spacial score (nSPS) is 18.8. The van der Waals surface area contributed by atoms with E-state index in [2.05, 4.69) is 40.6 Å². The Bertz CT molecular complexity index is 1600. The molecular formula is C30H35N5O3S. The third-order valence-electron chi connectivity index (χ3n) is 7.07. The molecule has 8 nitrogen and oxygen atoms in total. The molecule has 0 fully saturated rings. The van der Waals surface area contributed by atoms with Crippen molar-refractivity contribution in [3.63, 3.8) is 0 Å². The molecule has 9 heteroatoms. The van der Waals surface area contributed by atoms with Crippen LogP contribution in [-0.4, -0.2) is 34.8 Å². The van der Waals surface area contributed by atoms with E-state index in [9.17, 15) is 8.42 Å². The summed E-state index contributed by atoms with van der Waals surface area (Å²) < 4.78 is 37.9. The van der Waals surface area contributed by atoms with Crippen molar-refractivity contribution >= 4 is 16.0 Å². The second-order valence-corrected chi connectivity index (χ2v) is 13.3. The summed E-state index contributed by atoms with van der Waals surface area (Å²) in [6.45, 7) is 11.0. The van der Waals surface area contributed by atoms with Gasteiger partial charge in [-0.1, -0.05) is 51.1 Å². The van der Waals surface area contributed by atoms with Crippen LogP contribution >= 0.6 is 0 Å². The summed E-state index contributed by atoms with van der Waals surface area (Å²) >= 11 is 0. The van der Waals surface area contributed by atoms with Gasteiger partial charge in [-0.05, 0) is 60.1 Å². The highest BCUT2D eigenvalue weighted by molar-refractivity contribution is 7.92. The molecule has 3 heterocycles. The molecule has 0 saturated heterocycles. The highest BCUT2D eigenvalue weighted by Gasteiger charge is 2.32. The lowest BCUT2D eigenvalue weighted by atomic mass is 9.74. The maximum absolute atomic E-state index is 13.6. The van der Waals surface area contributed by atoms with Gasteiger partial charge in [-0.25, -0.2) is 18.1 Å². The minimum absolute atomic E-state index is 0.00293. The standard InChI is InChI=1S/C30H35N5O3S/c1-19-9-7-10-20(2)27(19)25-14-26-33-29(32-25)34-39(36,37)24-12-8-11-21(13-24)28(23-16-31-35(6)17-23)22(18-38-26)15-30(3,4)5/h7-14,16-17,22,28H,15,18H2,1-6H3,(H,32,33,34)/t22-,28?/m1/s1. The fraction of sp³-hybridized carbons (Fsp3) is 0.367.